The first-order valence-corrected chi connectivity index (χ1v) is 15.5. The number of carbonyl (C=O) groups is 2. The Morgan fingerprint density at radius 1 is 1.02 bits per heavy atom. The molecule has 10 nitrogen and oxygen atoms in total. The van der Waals surface area contributed by atoms with Crippen molar-refractivity contribution in [1.82, 2.24) is 15.0 Å². The first-order chi connectivity index (χ1) is 22.2. The maximum absolute atomic E-state index is 14.4. The number of imide groups is 1. The number of urea groups is 1. The zero-order valence-corrected chi connectivity index (χ0v) is 26.5. The van der Waals surface area contributed by atoms with Crippen molar-refractivity contribution in [1.29, 1.82) is 5.26 Å². The quantitative estimate of drug-likeness (QED) is 0.198. The van der Waals surface area contributed by atoms with Gasteiger partial charge in [0.25, 0.3) is 5.91 Å². The van der Waals surface area contributed by atoms with Crippen molar-refractivity contribution in [3.8, 4) is 28.9 Å². The minimum absolute atomic E-state index is 0.0181. The summed E-state index contributed by atoms with van der Waals surface area (Å²) < 4.78 is 16.7. The summed E-state index contributed by atoms with van der Waals surface area (Å²) in [6, 6.07) is 25.8. The molecule has 236 valence electrons. The van der Waals surface area contributed by atoms with Gasteiger partial charge in [-0.3, -0.25) is 19.5 Å². The number of rotatable bonds is 9. The molecule has 6 rings (SSSR count). The minimum atomic E-state index is -1.10. The average molecular weight is 620 g/mol. The van der Waals surface area contributed by atoms with Crippen LogP contribution in [0.3, 0.4) is 0 Å². The number of nitrogens with zero attached hydrogens (tertiary/aromatic N) is 5. The number of likely N-dealkylation sites (tertiary alicyclic amines) is 1. The van der Waals surface area contributed by atoms with Crippen LogP contribution in [0.25, 0.3) is 11.3 Å². The van der Waals surface area contributed by atoms with E-state index in [1.807, 2.05) is 50.2 Å². The van der Waals surface area contributed by atoms with Crippen molar-refractivity contribution >= 4 is 17.6 Å². The summed E-state index contributed by atoms with van der Waals surface area (Å²) in [6.45, 7) is 7.36. The molecule has 46 heavy (non-hydrogen) atoms. The van der Waals surface area contributed by atoms with Crippen LogP contribution in [0.1, 0.15) is 50.4 Å². The van der Waals surface area contributed by atoms with E-state index in [9.17, 15) is 14.9 Å². The van der Waals surface area contributed by atoms with Crippen LogP contribution in [-0.2, 0) is 17.9 Å². The van der Waals surface area contributed by atoms with E-state index in [1.165, 1.54) is 4.90 Å². The molecule has 4 aromatic rings. The second-order valence-corrected chi connectivity index (χ2v) is 12.2. The van der Waals surface area contributed by atoms with Gasteiger partial charge in [0.05, 0.1) is 31.4 Å². The van der Waals surface area contributed by atoms with Gasteiger partial charge in [0.2, 0.25) is 0 Å². The second-order valence-electron chi connectivity index (χ2n) is 12.2. The van der Waals surface area contributed by atoms with E-state index >= 15 is 0 Å². The van der Waals surface area contributed by atoms with Crippen molar-refractivity contribution in [2.45, 2.75) is 64.4 Å². The molecule has 2 saturated heterocycles. The molecule has 0 aliphatic carbocycles. The highest BCUT2D eigenvalue weighted by atomic mass is 16.5. The van der Waals surface area contributed by atoms with Gasteiger partial charge in [-0.05, 0) is 93.8 Å². The Morgan fingerprint density at radius 3 is 2.52 bits per heavy atom. The molecule has 2 aliphatic heterocycles. The highest BCUT2D eigenvalue weighted by Gasteiger charge is 2.60. The summed E-state index contributed by atoms with van der Waals surface area (Å²) in [5.74, 6) is 1.80. The number of anilines is 1. The van der Waals surface area contributed by atoms with E-state index in [0.717, 1.165) is 22.6 Å². The maximum Gasteiger partial charge on any atom is 0.332 e. The minimum Gasteiger partial charge on any atom is -0.497 e. The van der Waals surface area contributed by atoms with Gasteiger partial charge >= 0.3 is 6.03 Å². The van der Waals surface area contributed by atoms with Gasteiger partial charge in [-0.1, -0.05) is 23.4 Å². The number of nitriles is 1. The van der Waals surface area contributed by atoms with E-state index in [1.54, 1.807) is 42.3 Å². The molecule has 1 aromatic heterocycles. The standard InChI is InChI=1S/C36H37N5O5/c1-24(2)45-32-10-6-8-27(18-32)22-39-16-15-36(20-25(39)3)34(42)40(35(43)41(36)30-9-5-7-26(17-30)21-37)23-29-19-33(46-38-29)28-11-13-31(44-4)14-12-28/h5-14,17-19,24-25H,15-16,20,22-23H2,1-4H3/t25-,36?/m0/s1. The predicted octanol–water partition coefficient (Wildman–Crippen LogP) is 6.40. The molecule has 0 N–H and O–H groups in total. The smallest absolute Gasteiger partial charge is 0.332 e. The fourth-order valence-corrected chi connectivity index (χ4v) is 6.51. The fraction of sp³-hybridized carbons (Fsp3) is 0.333. The molecule has 3 heterocycles. The first-order valence-electron chi connectivity index (χ1n) is 15.5. The number of benzene rings is 3. The molecule has 10 heteroatoms. The lowest BCUT2D eigenvalue weighted by atomic mass is 9.81. The van der Waals surface area contributed by atoms with E-state index in [2.05, 4.69) is 35.2 Å². The lowest BCUT2D eigenvalue weighted by Gasteiger charge is -2.45. The maximum atomic E-state index is 14.4. The zero-order chi connectivity index (χ0) is 32.4. The number of amides is 3. The highest BCUT2D eigenvalue weighted by molar-refractivity contribution is 6.17. The third kappa shape index (κ3) is 5.94. The summed E-state index contributed by atoms with van der Waals surface area (Å²) >= 11 is 0. The highest BCUT2D eigenvalue weighted by Crippen LogP contribution is 2.43. The Kier molecular flexibility index (Phi) is 8.52. The molecule has 3 aromatic carbocycles. The molecule has 3 amide bonds. The Hall–Kier alpha value is -5.14. The summed E-state index contributed by atoms with van der Waals surface area (Å²) in [5, 5.41) is 13.8. The van der Waals surface area contributed by atoms with Crippen molar-refractivity contribution < 1.29 is 23.6 Å². The van der Waals surface area contributed by atoms with Crippen LogP contribution < -0.4 is 14.4 Å². The van der Waals surface area contributed by atoms with Gasteiger partial charge in [-0.25, -0.2) is 4.79 Å². The third-order valence-electron chi connectivity index (χ3n) is 8.71. The fourth-order valence-electron chi connectivity index (χ4n) is 6.51. The number of methoxy groups -OCH3 is 1. The van der Waals surface area contributed by atoms with Crippen molar-refractivity contribution in [2.75, 3.05) is 18.6 Å². The van der Waals surface area contributed by atoms with E-state index in [4.69, 9.17) is 14.0 Å². The molecule has 2 fully saturated rings. The summed E-state index contributed by atoms with van der Waals surface area (Å²) in [5.41, 5.74) is 2.22. The van der Waals surface area contributed by atoms with Gasteiger partial charge in [0, 0.05) is 36.4 Å². The lowest BCUT2D eigenvalue weighted by molar-refractivity contribution is -0.133. The van der Waals surface area contributed by atoms with E-state index < -0.39 is 11.6 Å². The van der Waals surface area contributed by atoms with Gasteiger partial charge in [-0.2, -0.15) is 5.26 Å². The Morgan fingerprint density at radius 2 is 1.80 bits per heavy atom. The number of ether oxygens (including phenoxy) is 2. The van der Waals surface area contributed by atoms with E-state index in [0.29, 0.717) is 48.6 Å². The summed E-state index contributed by atoms with van der Waals surface area (Å²) in [6.07, 6.45) is 0.950. The van der Waals surface area contributed by atoms with E-state index in [-0.39, 0.29) is 24.6 Å². The molecule has 2 aliphatic rings. The Labute approximate surface area is 268 Å². The Balaban J connectivity index is 1.27. The normalized spacial score (nSPS) is 20.0. The number of carbonyl (C=O) groups excluding carboxylic acids is 2. The number of piperidine rings is 1. The zero-order valence-electron chi connectivity index (χ0n) is 26.5. The average Bonchev–Trinajstić information content (AvgIpc) is 3.60. The summed E-state index contributed by atoms with van der Waals surface area (Å²) in [7, 11) is 1.60. The van der Waals surface area contributed by atoms with Crippen molar-refractivity contribution in [3.63, 3.8) is 0 Å². The third-order valence-corrected chi connectivity index (χ3v) is 8.71. The molecular formula is C36H37N5O5. The van der Waals surface area contributed by atoms with Crippen molar-refractivity contribution in [2.24, 2.45) is 0 Å². The van der Waals surface area contributed by atoms with Crippen LogP contribution in [0.5, 0.6) is 11.5 Å². The largest absolute Gasteiger partial charge is 0.497 e. The molecule has 0 bridgehead atoms. The molecule has 0 saturated carbocycles. The molecule has 1 unspecified atom stereocenters. The van der Waals surface area contributed by atoms with Gasteiger partial charge in [-0.15, -0.1) is 0 Å². The van der Waals surface area contributed by atoms with Gasteiger partial charge in [0.15, 0.2) is 5.76 Å². The number of hydrogen-bond acceptors (Lipinski definition) is 8. The van der Waals surface area contributed by atoms with Crippen LogP contribution in [0.4, 0.5) is 10.5 Å². The van der Waals surface area contributed by atoms with Crippen LogP contribution in [0, 0.1) is 11.3 Å². The summed E-state index contributed by atoms with van der Waals surface area (Å²) in [4.78, 5) is 33.8. The SMILES string of the molecule is COc1ccc(-c2cc(CN3C(=O)N(c4cccc(C#N)c4)C4(CCN(Cc5cccc(OC(C)C)c5)[C@@H](C)C4)C3=O)no2)cc1. The monoisotopic (exact) mass is 619 g/mol. The van der Waals surface area contributed by atoms with Crippen LogP contribution in [0.2, 0.25) is 0 Å². The van der Waals surface area contributed by atoms with Crippen molar-refractivity contribution in [3.05, 3.63) is 95.7 Å². The van der Waals surface area contributed by atoms with Gasteiger partial charge in [0.1, 0.15) is 22.7 Å². The van der Waals surface area contributed by atoms with Crippen LogP contribution in [0.15, 0.2) is 83.4 Å². The first kappa shape index (κ1) is 30.9. The number of aromatic nitrogens is 1. The van der Waals surface area contributed by atoms with Crippen LogP contribution >= 0.6 is 0 Å². The topological polar surface area (TPSA) is 112 Å². The van der Waals surface area contributed by atoms with Crippen LogP contribution in [-0.4, -0.2) is 58.2 Å². The second kappa shape index (κ2) is 12.7. The molecule has 2 atom stereocenters. The Bertz CT molecular complexity index is 1780. The molecule has 1 spiro atoms. The number of hydrogen-bond donors (Lipinski definition) is 0. The molecular weight excluding hydrogens is 582 g/mol. The molecule has 0 radical (unpaired) electrons. The predicted molar refractivity (Wildman–Crippen MR) is 172 cm³/mol. The van der Waals surface area contributed by atoms with Gasteiger partial charge < -0.3 is 14.0 Å². The lowest BCUT2D eigenvalue weighted by Crippen LogP contribution is -2.59.